The van der Waals surface area contributed by atoms with Crippen molar-refractivity contribution in [1.82, 2.24) is 24.9 Å². The van der Waals surface area contributed by atoms with Crippen molar-refractivity contribution in [3.63, 3.8) is 0 Å². The number of rotatable bonds is 7. The first-order chi connectivity index (χ1) is 24.4. The molecule has 7 rings (SSSR count). The molecule has 2 atom stereocenters. The van der Waals surface area contributed by atoms with Crippen molar-refractivity contribution in [3.8, 4) is 11.4 Å². The quantitative estimate of drug-likeness (QED) is 0.170. The summed E-state index contributed by atoms with van der Waals surface area (Å²) in [4.78, 5) is 39.3. The van der Waals surface area contributed by atoms with E-state index in [4.69, 9.17) is 21.1 Å². The van der Waals surface area contributed by atoms with E-state index in [9.17, 15) is 19.5 Å². The summed E-state index contributed by atoms with van der Waals surface area (Å²) in [6.07, 6.45) is 2.17. The second kappa shape index (κ2) is 13.2. The van der Waals surface area contributed by atoms with Gasteiger partial charge in [0.15, 0.2) is 0 Å². The lowest BCUT2D eigenvalue weighted by Gasteiger charge is -2.26. The molecule has 1 aliphatic carbocycles. The van der Waals surface area contributed by atoms with Gasteiger partial charge in [-0.2, -0.15) is 0 Å². The minimum absolute atomic E-state index is 0.0711. The summed E-state index contributed by atoms with van der Waals surface area (Å²) in [5, 5.41) is 23.2. The monoisotopic (exact) mass is 705 g/mol. The Morgan fingerprint density at radius 3 is 2.55 bits per heavy atom. The average Bonchev–Trinajstić information content (AvgIpc) is 3.70. The maximum absolute atomic E-state index is 13.5. The normalized spacial score (nSPS) is 15.0. The molecule has 12 heteroatoms. The number of fused-ring (bicyclic) bond motifs is 3. The van der Waals surface area contributed by atoms with Crippen molar-refractivity contribution in [3.05, 3.63) is 118 Å². The molecule has 0 saturated carbocycles. The summed E-state index contributed by atoms with van der Waals surface area (Å²) in [5.41, 5.74) is 5.07. The van der Waals surface area contributed by atoms with E-state index >= 15 is 0 Å². The van der Waals surface area contributed by atoms with Crippen LogP contribution in [0.5, 0.6) is 5.75 Å². The summed E-state index contributed by atoms with van der Waals surface area (Å²) >= 11 is 6.67. The molecule has 1 aliphatic rings. The van der Waals surface area contributed by atoms with E-state index in [1.54, 1.807) is 75.4 Å². The molecule has 2 unspecified atom stereocenters. The second-order valence-corrected chi connectivity index (χ2v) is 14.0. The van der Waals surface area contributed by atoms with Crippen LogP contribution in [0.4, 0.5) is 4.79 Å². The van der Waals surface area contributed by atoms with Gasteiger partial charge in [0, 0.05) is 28.8 Å². The fourth-order valence-corrected chi connectivity index (χ4v) is 6.87. The third-order valence-electron chi connectivity index (χ3n) is 9.03. The predicted octanol–water partition coefficient (Wildman–Crippen LogP) is 8.13. The zero-order chi connectivity index (χ0) is 36.0. The van der Waals surface area contributed by atoms with Crippen LogP contribution in [0.25, 0.3) is 27.6 Å². The number of aromatic nitrogens is 4. The van der Waals surface area contributed by atoms with Crippen molar-refractivity contribution in [1.29, 1.82) is 0 Å². The molecule has 2 N–H and O–H groups in total. The Hall–Kier alpha value is -5.68. The Bertz CT molecular complexity index is 2340. The molecule has 0 radical (unpaired) electrons. The van der Waals surface area contributed by atoms with Gasteiger partial charge in [0.05, 0.1) is 27.8 Å². The zero-order valence-electron chi connectivity index (χ0n) is 28.5. The standard InChI is InChI=1S/C39H36ClN5O6/c1-22-25(36(46)41-30-14-9-11-23-10-5-6-12-26(23)30)17-19-32-34(22)42-43-45(32)33-20-24(16-18-29(33)40)50-35(37(47)48)28-21-44(38(49)51-39(2,3)4)31-15-8-7-13-27(28)31/h5-8,10,12-13,15-21,30,35H,9,11,14H2,1-4H3,(H,41,46)(H,47,48). The van der Waals surface area contributed by atoms with Crippen LogP contribution in [0.3, 0.4) is 0 Å². The maximum Gasteiger partial charge on any atom is 0.419 e. The largest absolute Gasteiger partial charge is 0.478 e. The van der Waals surface area contributed by atoms with E-state index in [0.29, 0.717) is 43.8 Å². The Balaban J connectivity index is 1.19. The minimum atomic E-state index is -1.49. The lowest BCUT2D eigenvalue weighted by atomic mass is 9.87. The molecule has 0 bridgehead atoms. The number of hydrogen-bond donors (Lipinski definition) is 2. The lowest BCUT2D eigenvalue weighted by molar-refractivity contribution is -0.145. The Morgan fingerprint density at radius 2 is 1.76 bits per heavy atom. The number of hydrogen-bond acceptors (Lipinski definition) is 7. The topological polar surface area (TPSA) is 138 Å². The van der Waals surface area contributed by atoms with E-state index < -0.39 is 23.8 Å². The number of benzene rings is 4. The van der Waals surface area contributed by atoms with Crippen LogP contribution in [0.1, 0.15) is 78.4 Å². The number of carbonyl (C=O) groups excluding carboxylic acids is 2. The van der Waals surface area contributed by atoms with E-state index in [1.165, 1.54) is 21.0 Å². The van der Waals surface area contributed by atoms with Gasteiger partial charge in [-0.1, -0.05) is 59.3 Å². The van der Waals surface area contributed by atoms with Crippen molar-refractivity contribution in [2.45, 2.75) is 64.7 Å². The average molecular weight is 706 g/mol. The summed E-state index contributed by atoms with van der Waals surface area (Å²) in [6.45, 7) is 7.10. The van der Waals surface area contributed by atoms with E-state index in [-0.39, 0.29) is 23.3 Å². The van der Waals surface area contributed by atoms with Crippen molar-refractivity contribution < 1.29 is 29.0 Å². The van der Waals surface area contributed by atoms with Gasteiger partial charge >= 0.3 is 12.1 Å². The molecule has 0 fully saturated rings. The first-order valence-corrected chi connectivity index (χ1v) is 17.0. The molecule has 2 aromatic heterocycles. The molecule has 0 aliphatic heterocycles. The third kappa shape index (κ3) is 6.52. The maximum atomic E-state index is 13.5. The number of nitrogens with zero attached hydrogens (tertiary/aromatic N) is 4. The molecule has 0 saturated heterocycles. The van der Waals surface area contributed by atoms with Crippen molar-refractivity contribution >= 4 is 51.5 Å². The van der Waals surface area contributed by atoms with Crippen molar-refractivity contribution in [2.24, 2.45) is 0 Å². The smallest absolute Gasteiger partial charge is 0.419 e. The van der Waals surface area contributed by atoms with Gasteiger partial charge in [-0.25, -0.2) is 14.3 Å². The molecule has 4 aromatic carbocycles. The van der Waals surface area contributed by atoms with Crippen LogP contribution in [-0.2, 0) is 16.0 Å². The number of nitrogens with one attached hydrogen (secondary N) is 1. The van der Waals surface area contributed by atoms with E-state index in [2.05, 4.69) is 27.8 Å². The molecule has 0 spiro atoms. The van der Waals surface area contributed by atoms with Gasteiger partial charge in [-0.05, 0) is 94.0 Å². The number of amides is 1. The summed E-state index contributed by atoms with van der Waals surface area (Å²) in [7, 11) is 0. The first-order valence-electron chi connectivity index (χ1n) is 16.7. The SMILES string of the molecule is Cc1c(C(=O)NC2CCCc3ccccc32)ccc2c1nnn2-c1cc(OC(C(=O)O)c2cn(C(=O)OC(C)(C)C)c3ccccc23)ccc1Cl. The molecule has 1 amide bonds. The molecule has 11 nitrogen and oxygen atoms in total. The number of carboxylic acid groups (broad SMARTS) is 1. The molecular weight excluding hydrogens is 670 g/mol. The summed E-state index contributed by atoms with van der Waals surface area (Å²) in [5.74, 6) is -1.25. The Labute approximate surface area is 298 Å². The lowest BCUT2D eigenvalue weighted by Crippen LogP contribution is -2.31. The number of halogens is 1. The first kappa shape index (κ1) is 33.8. The van der Waals surface area contributed by atoms with Crippen LogP contribution in [-0.4, -0.2) is 48.2 Å². The van der Waals surface area contributed by atoms with E-state index in [1.807, 2.05) is 19.1 Å². The zero-order valence-corrected chi connectivity index (χ0v) is 29.3. The fraction of sp³-hybridized carbons (Fsp3) is 0.256. The number of carboxylic acids is 1. The van der Waals surface area contributed by atoms with Gasteiger partial charge in [0.1, 0.15) is 16.9 Å². The van der Waals surface area contributed by atoms with E-state index in [0.717, 1.165) is 24.8 Å². The highest BCUT2D eigenvalue weighted by molar-refractivity contribution is 6.32. The predicted molar refractivity (Wildman–Crippen MR) is 193 cm³/mol. The number of carbonyl (C=O) groups is 3. The molecular formula is C39H36ClN5O6. The van der Waals surface area contributed by atoms with Gasteiger partial charge in [-0.3, -0.25) is 9.36 Å². The van der Waals surface area contributed by atoms with Crippen LogP contribution < -0.4 is 10.1 Å². The highest BCUT2D eigenvalue weighted by Crippen LogP contribution is 2.35. The van der Waals surface area contributed by atoms with Crippen molar-refractivity contribution in [2.75, 3.05) is 0 Å². The van der Waals surface area contributed by atoms with Crippen LogP contribution >= 0.6 is 11.6 Å². The van der Waals surface area contributed by atoms with Gasteiger partial charge in [-0.15, -0.1) is 5.10 Å². The highest BCUT2D eigenvalue weighted by Gasteiger charge is 2.30. The van der Waals surface area contributed by atoms with Crippen LogP contribution in [0.2, 0.25) is 5.02 Å². The second-order valence-electron chi connectivity index (χ2n) is 13.6. The Kier molecular flexibility index (Phi) is 8.76. The fourth-order valence-electron chi connectivity index (χ4n) is 6.67. The number of ether oxygens (including phenoxy) is 2. The van der Waals surface area contributed by atoms with Crippen LogP contribution in [0.15, 0.2) is 85.1 Å². The number of para-hydroxylation sites is 1. The minimum Gasteiger partial charge on any atom is -0.478 e. The van der Waals surface area contributed by atoms with Gasteiger partial charge in [0.2, 0.25) is 6.10 Å². The van der Waals surface area contributed by atoms with Gasteiger partial charge < -0.3 is 19.9 Å². The Morgan fingerprint density at radius 1 is 1.00 bits per heavy atom. The van der Waals surface area contributed by atoms with Crippen LogP contribution in [0, 0.1) is 6.92 Å². The number of aliphatic carboxylic acids is 1. The number of aryl methyl sites for hydroxylation is 2. The molecule has 51 heavy (non-hydrogen) atoms. The molecule has 2 heterocycles. The third-order valence-corrected chi connectivity index (χ3v) is 9.35. The summed E-state index contributed by atoms with van der Waals surface area (Å²) in [6, 6.07) is 23.3. The highest BCUT2D eigenvalue weighted by atomic mass is 35.5. The molecule has 6 aromatic rings. The summed E-state index contributed by atoms with van der Waals surface area (Å²) < 4.78 is 14.5. The van der Waals surface area contributed by atoms with Gasteiger partial charge in [0.25, 0.3) is 5.91 Å². The molecule has 260 valence electrons.